The maximum atomic E-state index is 11.5. The van der Waals surface area contributed by atoms with E-state index >= 15 is 0 Å². The van der Waals surface area contributed by atoms with Crippen molar-refractivity contribution in [1.82, 2.24) is 0 Å². The summed E-state index contributed by atoms with van der Waals surface area (Å²) in [5, 5.41) is 0. The topological polar surface area (TPSA) is 29.5 Å². The zero-order valence-electron chi connectivity index (χ0n) is 8.86. The Morgan fingerprint density at radius 1 is 1.33 bits per heavy atom. The van der Waals surface area contributed by atoms with E-state index in [1.165, 1.54) is 0 Å². The van der Waals surface area contributed by atoms with E-state index in [9.17, 15) is 4.79 Å². The molecule has 1 heterocycles. The smallest absolute Gasteiger partial charge is 0.256 e. The van der Waals surface area contributed by atoms with Gasteiger partial charge in [-0.25, -0.2) is 0 Å². The second kappa shape index (κ2) is 3.42. The van der Waals surface area contributed by atoms with Crippen molar-refractivity contribution in [1.29, 1.82) is 0 Å². The molecular formula is C12H13NO2. The van der Waals surface area contributed by atoms with Crippen molar-refractivity contribution in [3.05, 3.63) is 36.4 Å². The quantitative estimate of drug-likeness (QED) is 0.543. The number of β-lactam (4-membered cyclic amide) rings is 1. The molecule has 0 aromatic heterocycles. The first-order valence-corrected chi connectivity index (χ1v) is 4.81. The molecule has 3 nitrogen and oxygen atoms in total. The molecule has 0 radical (unpaired) electrons. The predicted octanol–water partition coefficient (Wildman–Crippen LogP) is 1.99. The standard InChI is InChI=1S/C12H13NO2/c1-8-9(2)13(12(8)14)10-4-6-11(15-3)7-5-10/h4-7,9H,1H2,2-3H3. The van der Waals surface area contributed by atoms with Gasteiger partial charge in [-0.1, -0.05) is 6.58 Å². The number of anilines is 1. The second-order valence-electron chi connectivity index (χ2n) is 3.57. The van der Waals surface area contributed by atoms with Crippen LogP contribution in [0.2, 0.25) is 0 Å². The molecular weight excluding hydrogens is 190 g/mol. The lowest BCUT2D eigenvalue weighted by atomic mass is 9.97. The first-order valence-electron chi connectivity index (χ1n) is 4.81. The fourth-order valence-electron chi connectivity index (χ4n) is 1.68. The highest BCUT2D eigenvalue weighted by molar-refractivity contribution is 6.14. The molecule has 3 heteroatoms. The third kappa shape index (κ3) is 1.40. The van der Waals surface area contributed by atoms with Gasteiger partial charge < -0.3 is 9.64 Å². The maximum Gasteiger partial charge on any atom is 0.256 e. The van der Waals surface area contributed by atoms with Crippen molar-refractivity contribution in [2.75, 3.05) is 12.0 Å². The number of benzene rings is 1. The highest BCUT2D eigenvalue weighted by Gasteiger charge is 2.37. The molecule has 0 bridgehead atoms. The van der Waals surface area contributed by atoms with Crippen LogP contribution in [0.15, 0.2) is 36.4 Å². The highest BCUT2D eigenvalue weighted by Crippen LogP contribution is 2.31. The van der Waals surface area contributed by atoms with Crippen LogP contribution >= 0.6 is 0 Å². The van der Waals surface area contributed by atoms with E-state index in [-0.39, 0.29) is 11.9 Å². The lowest BCUT2D eigenvalue weighted by molar-refractivity contribution is -0.118. The van der Waals surface area contributed by atoms with Gasteiger partial charge in [-0.15, -0.1) is 0 Å². The number of amides is 1. The Hall–Kier alpha value is -1.77. The normalized spacial score (nSPS) is 20.1. The van der Waals surface area contributed by atoms with Crippen LogP contribution in [0, 0.1) is 0 Å². The average molecular weight is 203 g/mol. The molecule has 0 spiro atoms. The molecule has 1 fully saturated rings. The fraction of sp³-hybridized carbons (Fsp3) is 0.250. The summed E-state index contributed by atoms with van der Waals surface area (Å²) in [5.41, 5.74) is 1.56. The number of methoxy groups -OCH3 is 1. The molecule has 0 N–H and O–H groups in total. The monoisotopic (exact) mass is 203 g/mol. The van der Waals surface area contributed by atoms with E-state index in [2.05, 4.69) is 6.58 Å². The molecule has 1 aromatic carbocycles. The number of nitrogens with zero attached hydrogens (tertiary/aromatic N) is 1. The first-order chi connectivity index (χ1) is 7.15. The number of carbonyl (C=O) groups is 1. The van der Waals surface area contributed by atoms with Gasteiger partial charge >= 0.3 is 0 Å². The van der Waals surface area contributed by atoms with Crippen molar-refractivity contribution in [2.24, 2.45) is 0 Å². The van der Waals surface area contributed by atoms with Gasteiger partial charge in [0.05, 0.1) is 13.2 Å². The summed E-state index contributed by atoms with van der Waals surface area (Å²) in [6, 6.07) is 7.54. The zero-order valence-corrected chi connectivity index (χ0v) is 8.86. The minimum absolute atomic E-state index is 0.00710. The number of ether oxygens (including phenoxy) is 1. The van der Waals surface area contributed by atoms with Gasteiger partial charge in [0.2, 0.25) is 0 Å². The summed E-state index contributed by atoms with van der Waals surface area (Å²) >= 11 is 0. The summed E-state index contributed by atoms with van der Waals surface area (Å²) < 4.78 is 5.05. The van der Waals surface area contributed by atoms with Gasteiger partial charge in [0, 0.05) is 11.3 Å². The maximum absolute atomic E-state index is 11.5. The van der Waals surface area contributed by atoms with Crippen molar-refractivity contribution in [2.45, 2.75) is 13.0 Å². The van der Waals surface area contributed by atoms with Gasteiger partial charge in [-0.3, -0.25) is 4.79 Å². The van der Waals surface area contributed by atoms with E-state index < -0.39 is 0 Å². The molecule has 1 aliphatic rings. The Morgan fingerprint density at radius 2 is 1.93 bits per heavy atom. The van der Waals surface area contributed by atoms with Crippen LogP contribution < -0.4 is 9.64 Å². The third-order valence-electron chi connectivity index (χ3n) is 2.74. The Bertz CT molecular complexity index is 408. The van der Waals surface area contributed by atoms with Crippen LogP contribution in [0.1, 0.15) is 6.92 Å². The first kappa shape index (κ1) is 9.77. The number of rotatable bonds is 2. The van der Waals surface area contributed by atoms with Crippen LogP contribution in [0.5, 0.6) is 5.75 Å². The average Bonchev–Trinajstić information content (AvgIpc) is 2.30. The van der Waals surface area contributed by atoms with Crippen LogP contribution in [0.25, 0.3) is 0 Å². The lowest BCUT2D eigenvalue weighted by Gasteiger charge is -2.40. The Labute approximate surface area is 89.0 Å². The third-order valence-corrected chi connectivity index (χ3v) is 2.74. The van der Waals surface area contributed by atoms with E-state index in [0.717, 1.165) is 11.4 Å². The van der Waals surface area contributed by atoms with Crippen LogP contribution in [0.3, 0.4) is 0 Å². The molecule has 0 saturated carbocycles. The van der Waals surface area contributed by atoms with Gasteiger partial charge in [0.1, 0.15) is 5.75 Å². The molecule has 1 unspecified atom stereocenters. The van der Waals surface area contributed by atoms with Gasteiger partial charge in [0.25, 0.3) is 5.91 Å². The number of hydrogen-bond donors (Lipinski definition) is 0. The van der Waals surface area contributed by atoms with Gasteiger partial charge in [0.15, 0.2) is 0 Å². The van der Waals surface area contributed by atoms with Gasteiger partial charge in [-0.2, -0.15) is 0 Å². The molecule has 2 rings (SSSR count). The fourth-order valence-corrected chi connectivity index (χ4v) is 1.68. The van der Waals surface area contributed by atoms with Crippen molar-refractivity contribution in [3.8, 4) is 5.75 Å². The molecule has 1 aromatic rings. The molecule has 0 aliphatic carbocycles. The summed E-state index contributed by atoms with van der Waals surface area (Å²) in [7, 11) is 1.62. The van der Waals surface area contributed by atoms with E-state index in [0.29, 0.717) is 5.57 Å². The molecule has 78 valence electrons. The molecule has 15 heavy (non-hydrogen) atoms. The highest BCUT2D eigenvalue weighted by atomic mass is 16.5. The second-order valence-corrected chi connectivity index (χ2v) is 3.57. The van der Waals surface area contributed by atoms with Crippen molar-refractivity contribution >= 4 is 11.6 Å². The molecule has 1 saturated heterocycles. The summed E-state index contributed by atoms with van der Waals surface area (Å²) in [5.74, 6) is 0.797. The van der Waals surface area contributed by atoms with Gasteiger partial charge in [-0.05, 0) is 31.2 Å². The Kier molecular flexibility index (Phi) is 2.23. The van der Waals surface area contributed by atoms with E-state index in [4.69, 9.17) is 4.74 Å². The van der Waals surface area contributed by atoms with Crippen LogP contribution in [-0.4, -0.2) is 19.1 Å². The van der Waals surface area contributed by atoms with Crippen molar-refractivity contribution < 1.29 is 9.53 Å². The summed E-state index contributed by atoms with van der Waals surface area (Å²) in [4.78, 5) is 13.2. The lowest BCUT2D eigenvalue weighted by Crippen LogP contribution is -2.53. The Balaban J connectivity index is 2.24. The van der Waals surface area contributed by atoms with E-state index in [1.54, 1.807) is 12.0 Å². The van der Waals surface area contributed by atoms with Crippen molar-refractivity contribution in [3.63, 3.8) is 0 Å². The molecule has 1 amide bonds. The zero-order chi connectivity index (χ0) is 11.0. The largest absolute Gasteiger partial charge is 0.497 e. The summed E-state index contributed by atoms with van der Waals surface area (Å²) in [6.07, 6.45) is 0. The SMILES string of the molecule is C=C1C(=O)N(c2ccc(OC)cc2)C1C. The number of carbonyl (C=O) groups excluding carboxylic acids is 1. The molecule has 1 aliphatic heterocycles. The minimum Gasteiger partial charge on any atom is -0.497 e. The summed E-state index contributed by atoms with van der Waals surface area (Å²) in [6.45, 7) is 5.68. The minimum atomic E-state index is 0.00710. The predicted molar refractivity (Wildman–Crippen MR) is 59.1 cm³/mol. The molecule has 1 atom stereocenters. The van der Waals surface area contributed by atoms with Crippen LogP contribution in [-0.2, 0) is 4.79 Å². The Morgan fingerprint density at radius 3 is 2.40 bits per heavy atom. The van der Waals surface area contributed by atoms with Crippen LogP contribution in [0.4, 0.5) is 5.69 Å². The van der Waals surface area contributed by atoms with E-state index in [1.807, 2.05) is 31.2 Å². The number of hydrogen-bond acceptors (Lipinski definition) is 2.